The first-order valence-electron chi connectivity index (χ1n) is 2.65. The summed E-state index contributed by atoms with van der Waals surface area (Å²) in [6, 6.07) is 1.60. The molecule has 0 bridgehead atoms. The summed E-state index contributed by atoms with van der Waals surface area (Å²) in [4.78, 5) is 9.80. The Labute approximate surface area is 62.7 Å². The SMILES string of the molecule is O=Cc1ccn[nH]1.OB(O)O. The van der Waals surface area contributed by atoms with Gasteiger partial charge in [-0.1, -0.05) is 0 Å². The molecule has 1 heterocycles. The Hall–Kier alpha value is -1.18. The maximum Gasteiger partial charge on any atom is 0.631 e. The van der Waals surface area contributed by atoms with E-state index in [-0.39, 0.29) is 0 Å². The number of hydrogen-bond donors (Lipinski definition) is 4. The molecule has 0 atom stereocenters. The van der Waals surface area contributed by atoms with Gasteiger partial charge < -0.3 is 15.1 Å². The van der Waals surface area contributed by atoms with E-state index in [0.29, 0.717) is 12.0 Å². The summed E-state index contributed by atoms with van der Waals surface area (Å²) in [5.41, 5.74) is 0.514. The van der Waals surface area contributed by atoms with E-state index in [0.717, 1.165) is 0 Å². The number of aromatic amines is 1. The van der Waals surface area contributed by atoms with Crippen LogP contribution in [0.5, 0.6) is 0 Å². The van der Waals surface area contributed by atoms with Gasteiger partial charge in [-0.3, -0.25) is 9.89 Å². The van der Waals surface area contributed by atoms with Gasteiger partial charge in [-0.15, -0.1) is 0 Å². The largest absolute Gasteiger partial charge is 0.631 e. The average Bonchev–Trinajstić information content (AvgIpc) is 2.36. The van der Waals surface area contributed by atoms with Gasteiger partial charge in [0.1, 0.15) is 0 Å². The first kappa shape index (κ1) is 9.82. The van der Waals surface area contributed by atoms with Crippen LogP contribution in [0.1, 0.15) is 10.5 Å². The number of nitrogens with one attached hydrogen (secondary N) is 1. The van der Waals surface area contributed by atoms with Crippen molar-refractivity contribution in [2.24, 2.45) is 0 Å². The molecule has 0 saturated carbocycles. The Balaban J connectivity index is 0.000000218. The standard InChI is InChI=1S/C4H4N2O.BH3O3/c7-3-4-1-2-5-6-4;2-1(3)4/h1-3H,(H,5,6);2-4H. The van der Waals surface area contributed by atoms with Gasteiger partial charge in [-0.25, -0.2) is 0 Å². The van der Waals surface area contributed by atoms with Gasteiger partial charge in [0, 0.05) is 6.20 Å². The highest BCUT2D eigenvalue weighted by atomic mass is 16.5. The molecule has 1 rings (SSSR count). The highest BCUT2D eigenvalue weighted by Crippen LogP contribution is 1.81. The summed E-state index contributed by atoms with van der Waals surface area (Å²) in [6.07, 6.45) is 2.25. The van der Waals surface area contributed by atoms with Crippen molar-refractivity contribution in [3.05, 3.63) is 18.0 Å². The van der Waals surface area contributed by atoms with Crippen LogP contribution in [0, 0.1) is 0 Å². The fraction of sp³-hybridized carbons (Fsp3) is 0. The Morgan fingerprint density at radius 2 is 2.09 bits per heavy atom. The highest BCUT2D eigenvalue weighted by molar-refractivity contribution is 6.30. The lowest BCUT2D eigenvalue weighted by Gasteiger charge is -1.69. The van der Waals surface area contributed by atoms with Gasteiger partial charge in [0.2, 0.25) is 0 Å². The van der Waals surface area contributed by atoms with Crippen LogP contribution in [0.15, 0.2) is 12.3 Å². The maximum absolute atomic E-state index is 9.80. The van der Waals surface area contributed by atoms with Crippen molar-refractivity contribution in [2.45, 2.75) is 0 Å². The van der Waals surface area contributed by atoms with Gasteiger partial charge in [0.15, 0.2) is 6.29 Å². The van der Waals surface area contributed by atoms with Crippen molar-refractivity contribution in [1.29, 1.82) is 0 Å². The molecule has 6 nitrogen and oxygen atoms in total. The molecule has 0 amide bonds. The van der Waals surface area contributed by atoms with E-state index in [1.807, 2.05) is 0 Å². The Morgan fingerprint density at radius 3 is 2.27 bits per heavy atom. The molecule has 7 heteroatoms. The third kappa shape index (κ3) is 6.71. The molecule has 0 aromatic carbocycles. The minimum absolute atomic E-state index is 0.514. The molecular formula is C4H7BN2O4. The molecule has 0 spiro atoms. The van der Waals surface area contributed by atoms with E-state index >= 15 is 0 Å². The molecular weight excluding hydrogens is 151 g/mol. The molecule has 0 fully saturated rings. The molecule has 60 valence electrons. The first-order chi connectivity index (χ1) is 5.16. The lowest BCUT2D eigenvalue weighted by atomic mass is 10.3. The highest BCUT2D eigenvalue weighted by Gasteiger charge is 1.92. The number of hydrogen-bond acceptors (Lipinski definition) is 5. The van der Waals surface area contributed by atoms with Gasteiger partial charge in [-0.05, 0) is 6.07 Å². The first-order valence-corrected chi connectivity index (χ1v) is 2.65. The number of carbonyl (C=O) groups is 1. The van der Waals surface area contributed by atoms with E-state index in [2.05, 4.69) is 10.2 Å². The summed E-state index contributed by atoms with van der Waals surface area (Å²) in [6.45, 7) is 0. The van der Waals surface area contributed by atoms with Crippen LogP contribution in [0.4, 0.5) is 0 Å². The Morgan fingerprint density at radius 1 is 1.55 bits per heavy atom. The second-order valence-corrected chi connectivity index (χ2v) is 1.48. The third-order valence-corrected chi connectivity index (χ3v) is 0.649. The summed E-state index contributed by atoms with van der Waals surface area (Å²) in [5, 5.41) is 27.5. The van der Waals surface area contributed by atoms with Crippen molar-refractivity contribution in [3.8, 4) is 0 Å². The number of H-pyrrole nitrogens is 1. The molecule has 0 radical (unpaired) electrons. The van der Waals surface area contributed by atoms with Crippen LogP contribution in [0.3, 0.4) is 0 Å². The van der Waals surface area contributed by atoms with E-state index in [9.17, 15) is 4.79 Å². The second-order valence-electron chi connectivity index (χ2n) is 1.48. The number of aldehydes is 1. The van der Waals surface area contributed by atoms with E-state index in [1.54, 1.807) is 6.07 Å². The number of rotatable bonds is 1. The Kier molecular flexibility index (Phi) is 5.00. The average molecular weight is 158 g/mol. The number of aromatic nitrogens is 2. The maximum atomic E-state index is 9.80. The summed E-state index contributed by atoms with van der Waals surface area (Å²) in [7, 11) is -2.17. The van der Waals surface area contributed by atoms with Gasteiger partial charge in [0.05, 0.1) is 5.69 Å². The zero-order valence-electron chi connectivity index (χ0n) is 5.51. The van der Waals surface area contributed by atoms with Crippen molar-refractivity contribution in [1.82, 2.24) is 10.2 Å². The summed E-state index contributed by atoms with van der Waals surface area (Å²) < 4.78 is 0. The van der Waals surface area contributed by atoms with Crippen LogP contribution >= 0.6 is 0 Å². The van der Waals surface area contributed by atoms with Gasteiger partial charge in [-0.2, -0.15) is 5.10 Å². The lowest BCUT2D eigenvalue weighted by Crippen LogP contribution is -2.07. The second kappa shape index (κ2) is 5.60. The molecule has 0 aliphatic carbocycles. The molecule has 0 saturated heterocycles. The normalized spacial score (nSPS) is 7.91. The van der Waals surface area contributed by atoms with E-state index < -0.39 is 7.32 Å². The quantitative estimate of drug-likeness (QED) is 0.284. The zero-order valence-corrected chi connectivity index (χ0v) is 5.51. The van der Waals surface area contributed by atoms with E-state index in [1.165, 1.54) is 6.20 Å². The minimum Gasteiger partial charge on any atom is -0.402 e. The summed E-state index contributed by atoms with van der Waals surface area (Å²) >= 11 is 0. The molecule has 1 aromatic rings. The topological polar surface area (TPSA) is 106 Å². The van der Waals surface area contributed by atoms with Crippen molar-refractivity contribution in [2.75, 3.05) is 0 Å². The molecule has 0 unspecified atom stereocenters. The zero-order chi connectivity index (χ0) is 8.69. The van der Waals surface area contributed by atoms with Crippen molar-refractivity contribution >= 4 is 13.6 Å². The van der Waals surface area contributed by atoms with Crippen LogP contribution < -0.4 is 0 Å². The lowest BCUT2D eigenvalue weighted by molar-refractivity contribution is 0.111. The van der Waals surface area contributed by atoms with Crippen molar-refractivity contribution < 1.29 is 19.9 Å². The van der Waals surface area contributed by atoms with E-state index in [4.69, 9.17) is 15.1 Å². The van der Waals surface area contributed by atoms with Gasteiger partial charge >= 0.3 is 7.32 Å². The molecule has 11 heavy (non-hydrogen) atoms. The van der Waals surface area contributed by atoms with Crippen LogP contribution in [0.25, 0.3) is 0 Å². The molecule has 0 aliphatic rings. The monoisotopic (exact) mass is 158 g/mol. The fourth-order valence-corrected chi connectivity index (χ4v) is 0.332. The smallest absolute Gasteiger partial charge is 0.402 e. The molecule has 4 N–H and O–H groups in total. The van der Waals surface area contributed by atoms with Gasteiger partial charge in [0.25, 0.3) is 0 Å². The van der Waals surface area contributed by atoms with Crippen LogP contribution in [-0.4, -0.2) is 38.9 Å². The molecule has 1 aromatic heterocycles. The molecule has 0 aliphatic heterocycles. The third-order valence-electron chi connectivity index (χ3n) is 0.649. The predicted molar refractivity (Wildman–Crippen MR) is 36.4 cm³/mol. The number of carbonyl (C=O) groups excluding carboxylic acids is 1. The minimum atomic E-state index is -2.17. The summed E-state index contributed by atoms with van der Waals surface area (Å²) in [5.74, 6) is 0. The predicted octanol–water partition coefficient (Wildman–Crippen LogP) is -1.83. The Bertz CT molecular complexity index is 185. The fourth-order valence-electron chi connectivity index (χ4n) is 0.332. The van der Waals surface area contributed by atoms with Crippen LogP contribution in [0.2, 0.25) is 0 Å². The van der Waals surface area contributed by atoms with Crippen molar-refractivity contribution in [3.63, 3.8) is 0 Å². The van der Waals surface area contributed by atoms with Crippen LogP contribution in [-0.2, 0) is 0 Å². The number of nitrogens with zero attached hydrogens (tertiary/aromatic N) is 1.